The third kappa shape index (κ3) is 8.15. The summed E-state index contributed by atoms with van der Waals surface area (Å²) in [6.45, 7) is 5.16. The van der Waals surface area contributed by atoms with Crippen molar-refractivity contribution in [2.75, 3.05) is 19.7 Å². The van der Waals surface area contributed by atoms with Gasteiger partial charge in [-0.1, -0.05) is 56.5 Å². The number of rotatable bonds is 12. The molecular formula is C26H38N2O3. The Balaban J connectivity index is 1.62. The van der Waals surface area contributed by atoms with Gasteiger partial charge in [0.2, 0.25) is 0 Å². The standard InChI is InChI=1S/C26H38N2O3/c1-2-10-26(30)31-21-25(29)20-27(17-22-11-5-3-6-12-22)19-24-15-9-16-28(24)18-23-13-7-4-8-14-23/h4,7-9,13-16,22,25,29H,2-3,5-6,10-12,17-21H2,1H3. The van der Waals surface area contributed by atoms with Crippen molar-refractivity contribution in [2.24, 2.45) is 5.92 Å². The largest absolute Gasteiger partial charge is 0.463 e. The number of ether oxygens (including phenoxy) is 1. The van der Waals surface area contributed by atoms with Crippen LogP contribution in [0.1, 0.15) is 63.1 Å². The van der Waals surface area contributed by atoms with Gasteiger partial charge in [-0.3, -0.25) is 9.69 Å². The van der Waals surface area contributed by atoms with Gasteiger partial charge in [0.15, 0.2) is 0 Å². The predicted molar refractivity (Wildman–Crippen MR) is 124 cm³/mol. The minimum absolute atomic E-state index is 0.0744. The van der Waals surface area contributed by atoms with Gasteiger partial charge in [0, 0.05) is 44.5 Å². The highest BCUT2D eigenvalue weighted by atomic mass is 16.5. The SMILES string of the molecule is CCCC(=O)OCC(O)CN(Cc1cccn1Cc1ccccc1)CC1CCCCC1. The first kappa shape index (κ1) is 23.6. The summed E-state index contributed by atoms with van der Waals surface area (Å²) in [7, 11) is 0. The van der Waals surface area contributed by atoms with E-state index in [1.165, 1.54) is 43.4 Å². The van der Waals surface area contributed by atoms with E-state index in [1.807, 2.05) is 13.0 Å². The second-order valence-electron chi connectivity index (χ2n) is 8.90. The third-order valence-corrected chi connectivity index (χ3v) is 6.11. The van der Waals surface area contributed by atoms with Crippen molar-refractivity contribution in [1.82, 2.24) is 9.47 Å². The first-order valence-electron chi connectivity index (χ1n) is 11.9. The van der Waals surface area contributed by atoms with Crippen LogP contribution in [-0.2, 0) is 22.6 Å². The Morgan fingerprint density at radius 1 is 1.16 bits per heavy atom. The molecule has 0 amide bonds. The zero-order chi connectivity index (χ0) is 21.9. The van der Waals surface area contributed by atoms with E-state index in [-0.39, 0.29) is 12.6 Å². The summed E-state index contributed by atoms with van der Waals surface area (Å²) in [5.41, 5.74) is 2.52. The van der Waals surface area contributed by atoms with Gasteiger partial charge < -0.3 is 14.4 Å². The van der Waals surface area contributed by atoms with Crippen LogP contribution < -0.4 is 0 Å². The maximum absolute atomic E-state index is 11.7. The normalized spacial score (nSPS) is 15.8. The van der Waals surface area contributed by atoms with Crippen LogP contribution in [0.5, 0.6) is 0 Å². The molecule has 0 saturated heterocycles. The number of aliphatic hydroxyl groups excluding tert-OH is 1. The molecule has 1 atom stereocenters. The number of esters is 1. The fraction of sp³-hybridized carbons (Fsp3) is 0.577. The topological polar surface area (TPSA) is 54.7 Å². The monoisotopic (exact) mass is 426 g/mol. The van der Waals surface area contributed by atoms with Gasteiger partial charge in [-0.2, -0.15) is 0 Å². The summed E-state index contributed by atoms with van der Waals surface area (Å²) in [5, 5.41) is 10.6. The molecule has 1 aliphatic carbocycles. The second-order valence-corrected chi connectivity index (χ2v) is 8.90. The van der Waals surface area contributed by atoms with E-state index in [0.717, 1.165) is 26.1 Å². The molecule has 5 heteroatoms. The zero-order valence-electron chi connectivity index (χ0n) is 18.9. The summed E-state index contributed by atoms with van der Waals surface area (Å²) in [6.07, 6.45) is 9.12. The minimum Gasteiger partial charge on any atom is -0.463 e. The Bertz CT molecular complexity index is 768. The molecule has 0 aliphatic heterocycles. The number of hydrogen-bond acceptors (Lipinski definition) is 4. The Labute approximate surface area is 187 Å². The molecule has 0 spiro atoms. The summed E-state index contributed by atoms with van der Waals surface area (Å²) >= 11 is 0. The molecule has 1 N–H and O–H groups in total. The molecule has 1 aliphatic rings. The highest BCUT2D eigenvalue weighted by Gasteiger charge is 2.21. The smallest absolute Gasteiger partial charge is 0.305 e. The molecule has 1 aromatic carbocycles. The molecule has 1 saturated carbocycles. The molecule has 3 rings (SSSR count). The van der Waals surface area contributed by atoms with Crippen LogP contribution >= 0.6 is 0 Å². The number of carbonyl (C=O) groups is 1. The van der Waals surface area contributed by atoms with Crippen molar-refractivity contribution in [3.8, 4) is 0 Å². The number of aliphatic hydroxyl groups is 1. The molecular weight excluding hydrogens is 388 g/mol. The average molecular weight is 427 g/mol. The molecule has 5 nitrogen and oxygen atoms in total. The summed E-state index contributed by atoms with van der Waals surface area (Å²) in [6, 6.07) is 14.8. The van der Waals surface area contributed by atoms with E-state index in [1.54, 1.807) is 0 Å². The number of aromatic nitrogens is 1. The van der Waals surface area contributed by atoms with Crippen molar-refractivity contribution in [3.63, 3.8) is 0 Å². The van der Waals surface area contributed by atoms with Crippen LogP contribution in [-0.4, -0.2) is 46.3 Å². The first-order chi connectivity index (χ1) is 15.1. The number of hydrogen-bond donors (Lipinski definition) is 1. The Kier molecular flexibility index (Phi) is 9.63. The Morgan fingerprint density at radius 2 is 1.94 bits per heavy atom. The molecule has 170 valence electrons. The summed E-state index contributed by atoms with van der Waals surface area (Å²) in [5.74, 6) is 0.457. The van der Waals surface area contributed by atoms with Crippen LogP contribution in [0, 0.1) is 5.92 Å². The molecule has 0 radical (unpaired) electrons. The number of benzene rings is 1. The fourth-order valence-corrected chi connectivity index (χ4v) is 4.51. The van der Waals surface area contributed by atoms with Crippen LogP contribution in [0.3, 0.4) is 0 Å². The van der Waals surface area contributed by atoms with Crippen molar-refractivity contribution in [1.29, 1.82) is 0 Å². The third-order valence-electron chi connectivity index (χ3n) is 6.11. The molecule has 31 heavy (non-hydrogen) atoms. The van der Waals surface area contributed by atoms with Crippen molar-refractivity contribution in [3.05, 3.63) is 59.9 Å². The van der Waals surface area contributed by atoms with E-state index >= 15 is 0 Å². The molecule has 1 fully saturated rings. The lowest BCUT2D eigenvalue weighted by molar-refractivity contribution is -0.147. The van der Waals surface area contributed by atoms with E-state index in [4.69, 9.17) is 4.74 Å². The maximum Gasteiger partial charge on any atom is 0.305 e. The van der Waals surface area contributed by atoms with Gasteiger partial charge in [0.1, 0.15) is 12.7 Å². The van der Waals surface area contributed by atoms with Crippen LogP contribution in [0.2, 0.25) is 0 Å². The van der Waals surface area contributed by atoms with E-state index in [9.17, 15) is 9.90 Å². The highest BCUT2D eigenvalue weighted by molar-refractivity contribution is 5.69. The maximum atomic E-state index is 11.7. The highest BCUT2D eigenvalue weighted by Crippen LogP contribution is 2.25. The lowest BCUT2D eigenvalue weighted by Gasteiger charge is -2.31. The molecule has 2 aromatic rings. The van der Waals surface area contributed by atoms with E-state index < -0.39 is 6.10 Å². The van der Waals surface area contributed by atoms with E-state index in [2.05, 4.69) is 52.1 Å². The average Bonchev–Trinajstić information content (AvgIpc) is 3.20. The lowest BCUT2D eigenvalue weighted by atomic mass is 9.89. The lowest BCUT2D eigenvalue weighted by Crippen LogP contribution is -2.38. The molecule has 1 heterocycles. The zero-order valence-corrected chi connectivity index (χ0v) is 18.9. The predicted octanol–water partition coefficient (Wildman–Crippen LogP) is 4.62. The molecule has 1 unspecified atom stereocenters. The van der Waals surface area contributed by atoms with Gasteiger partial charge in [-0.15, -0.1) is 0 Å². The van der Waals surface area contributed by atoms with Gasteiger partial charge >= 0.3 is 5.97 Å². The van der Waals surface area contributed by atoms with Gasteiger partial charge in [-0.05, 0) is 42.9 Å². The van der Waals surface area contributed by atoms with Crippen molar-refractivity contribution >= 4 is 5.97 Å². The fourth-order valence-electron chi connectivity index (χ4n) is 4.51. The Morgan fingerprint density at radius 3 is 2.68 bits per heavy atom. The Hall–Kier alpha value is -2.11. The van der Waals surface area contributed by atoms with Crippen molar-refractivity contribution in [2.45, 2.75) is 71.1 Å². The van der Waals surface area contributed by atoms with Gasteiger partial charge in [0.05, 0.1) is 0 Å². The van der Waals surface area contributed by atoms with Crippen LogP contribution in [0.15, 0.2) is 48.7 Å². The second kappa shape index (κ2) is 12.7. The quantitative estimate of drug-likeness (QED) is 0.503. The van der Waals surface area contributed by atoms with E-state index in [0.29, 0.717) is 18.9 Å². The summed E-state index contributed by atoms with van der Waals surface area (Å²) in [4.78, 5) is 14.0. The van der Waals surface area contributed by atoms with Gasteiger partial charge in [-0.25, -0.2) is 0 Å². The van der Waals surface area contributed by atoms with Crippen molar-refractivity contribution < 1.29 is 14.6 Å². The molecule has 1 aromatic heterocycles. The number of nitrogens with zero attached hydrogens (tertiary/aromatic N) is 2. The van der Waals surface area contributed by atoms with Crippen LogP contribution in [0.25, 0.3) is 0 Å². The first-order valence-corrected chi connectivity index (χ1v) is 11.9. The summed E-state index contributed by atoms with van der Waals surface area (Å²) < 4.78 is 7.54. The van der Waals surface area contributed by atoms with Gasteiger partial charge in [0.25, 0.3) is 0 Å². The van der Waals surface area contributed by atoms with Crippen LogP contribution in [0.4, 0.5) is 0 Å². The number of carbonyl (C=O) groups excluding carboxylic acids is 1. The minimum atomic E-state index is -0.665. The molecule has 0 bridgehead atoms.